The minimum absolute atomic E-state index is 0. The van der Waals surface area contributed by atoms with Crippen LogP contribution in [0, 0.1) is 0 Å². The van der Waals surface area contributed by atoms with Gasteiger partial charge < -0.3 is 20.8 Å². The van der Waals surface area contributed by atoms with E-state index in [1.165, 1.54) is 13.2 Å². The van der Waals surface area contributed by atoms with Crippen LogP contribution in [0.25, 0.3) is 10.9 Å². The molecule has 1 aliphatic rings. The van der Waals surface area contributed by atoms with E-state index >= 15 is 0 Å². The Kier molecular flexibility index (Phi) is 7.63. The Morgan fingerprint density at radius 2 is 1.88 bits per heavy atom. The fourth-order valence-electron chi connectivity index (χ4n) is 4.38. The molecular weight excluding hydrogens is 449 g/mol. The number of anilines is 1. The molecule has 4 N–H and O–H groups in total. The summed E-state index contributed by atoms with van der Waals surface area (Å²) in [4.78, 5) is 19.7. The molecule has 0 spiro atoms. The fraction of sp³-hybridized carbons (Fsp3) is 0.333. The van der Waals surface area contributed by atoms with Gasteiger partial charge in [-0.1, -0.05) is 30.3 Å². The fourth-order valence-corrected chi connectivity index (χ4v) is 4.38. The first-order chi connectivity index (χ1) is 15.8. The van der Waals surface area contributed by atoms with Gasteiger partial charge in [-0.2, -0.15) is 13.2 Å². The van der Waals surface area contributed by atoms with Gasteiger partial charge in [0.1, 0.15) is 17.0 Å². The van der Waals surface area contributed by atoms with Crippen LogP contribution in [0.5, 0.6) is 5.75 Å². The number of halogens is 3. The third-order valence-electron chi connectivity index (χ3n) is 5.93. The minimum atomic E-state index is -4.55. The van der Waals surface area contributed by atoms with Crippen molar-refractivity contribution in [1.29, 1.82) is 0 Å². The third kappa shape index (κ3) is 5.40. The van der Waals surface area contributed by atoms with E-state index < -0.39 is 11.9 Å². The summed E-state index contributed by atoms with van der Waals surface area (Å²) >= 11 is 0. The van der Waals surface area contributed by atoms with Crippen molar-refractivity contribution < 1.29 is 29.6 Å². The van der Waals surface area contributed by atoms with Gasteiger partial charge in [-0.3, -0.25) is 9.69 Å². The highest BCUT2D eigenvalue weighted by Gasteiger charge is 2.34. The highest BCUT2D eigenvalue weighted by molar-refractivity contribution is 5.96. The Balaban J connectivity index is 0.00000216. The molecule has 1 aliphatic heterocycles. The normalized spacial score (nSPS) is 16.8. The summed E-state index contributed by atoms with van der Waals surface area (Å²) in [6.45, 7) is 1.94. The molecule has 0 aliphatic carbocycles. The predicted molar refractivity (Wildman–Crippen MR) is 126 cm³/mol. The summed E-state index contributed by atoms with van der Waals surface area (Å²) in [6, 6.07) is 15.9. The molecule has 1 fully saturated rings. The lowest BCUT2D eigenvalue weighted by Gasteiger charge is -2.42. The van der Waals surface area contributed by atoms with Crippen molar-refractivity contribution in [3.8, 4) is 5.75 Å². The number of amides is 1. The molecule has 1 saturated heterocycles. The second-order valence-electron chi connectivity index (χ2n) is 8.10. The zero-order valence-corrected chi connectivity index (χ0v) is 18.7. The quantitative estimate of drug-likeness (QED) is 0.587. The van der Waals surface area contributed by atoms with E-state index in [1.807, 2.05) is 36.4 Å². The zero-order valence-electron chi connectivity index (χ0n) is 18.7. The van der Waals surface area contributed by atoms with Crippen LogP contribution >= 0.6 is 0 Å². The number of nitrogens with two attached hydrogens (primary N) is 1. The second-order valence-corrected chi connectivity index (χ2v) is 8.10. The van der Waals surface area contributed by atoms with Gasteiger partial charge in [0.25, 0.3) is 0 Å². The van der Waals surface area contributed by atoms with Gasteiger partial charge in [-0.25, -0.2) is 4.98 Å². The van der Waals surface area contributed by atoms with Crippen LogP contribution in [0.4, 0.5) is 18.9 Å². The number of methoxy groups -OCH3 is 1. The average molecular weight is 479 g/mol. The second kappa shape index (κ2) is 10.3. The van der Waals surface area contributed by atoms with Gasteiger partial charge in [0.2, 0.25) is 5.91 Å². The standard InChI is InChI=1S/C24H25F3N4O2.H2O.H2/c1-33-20-9-8-19(18-7-10-21(24(25,26)27)29-23(18)20)31-12-11-30(15-22(28)32)17(14-31)13-16-5-3-2-4-6-16;;/h2-10,17H,11-15H2,1H3,(H2,28,32);1H2;1H/t17-;;/m0../s1. The van der Waals surface area contributed by atoms with Gasteiger partial charge >= 0.3 is 6.18 Å². The van der Waals surface area contributed by atoms with Crippen LogP contribution in [0.2, 0.25) is 0 Å². The Labute approximate surface area is 196 Å². The summed E-state index contributed by atoms with van der Waals surface area (Å²) in [5.41, 5.74) is 6.60. The molecule has 4 rings (SSSR count). The van der Waals surface area contributed by atoms with Crippen LogP contribution in [0.3, 0.4) is 0 Å². The number of ether oxygens (including phenoxy) is 1. The van der Waals surface area contributed by atoms with Crippen LogP contribution in [0.15, 0.2) is 54.6 Å². The van der Waals surface area contributed by atoms with Gasteiger partial charge in [0.15, 0.2) is 0 Å². The summed E-state index contributed by atoms with van der Waals surface area (Å²) < 4.78 is 45.1. The van der Waals surface area contributed by atoms with Crippen molar-refractivity contribution in [1.82, 2.24) is 9.88 Å². The molecule has 1 atom stereocenters. The van der Waals surface area contributed by atoms with E-state index in [4.69, 9.17) is 10.5 Å². The number of primary amides is 1. The molecule has 7 nitrogen and oxygen atoms in total. The minimum Gasteiger partial charge on any atom is -0.494 e. The first-order valence-corrected chi connectivity index (χ1v) is 10.6. The number of hydrogen-bond acceptors (Lipinski definition) is 5. The number of alkyl halides is 3. The Hall–Kier alpha value is -3.37. The molecule has 1 aromatic heterocycles. The van der Waals surface area contributed by atoms with E-state index in [-0.39, 0.29) is 36.7 Å². The maximum Gasteiger partial charge on any atom is 0.433 e. The molecule has 1 amide bonds. The highest BCUT2D eigenvalue weighted by atomic mass is 19.4. The maximum atomic E-state index is 13.3. The lowest BCUT2D eigenvalue weighted by atomic mass is 10.0. The van der Waals surface area contributed by atoms with Gasteiger partial charge in [-0.05, 0) is 36.2 Å². The number of carbonyl (C=O) groups excluding carboxylic acids is 1. The number of rotatable bonds is 6. The van der Waals surface area contributed by atoms with Gasteiger partial charge in [0, 0.05) is 38.2 Å². The van der Waals surface area contributed by atoms with Crippen molar-refractivity contribution in [2.45, 2.75) is 18.6 Å². The number of hydrogen-bond donors (Lipinski definition) is 1. The molecule has 2 heterocycles. The summed E-state index contributed by atoms with van der Waals surface area (Å²) in [5.74, 6) is -0.103. The first kappa shape index (κ1) is 25.3. The monoisotopic (exact) mass is 478 g/mol. The van der Waals surface area contributed by atoms with E-state index in [0.29, 0.717) is 25.0 Å². The van der Waals surface area contributed by atoms with Crippen LogP contribution in [0.1, 0.15) is 12.7 Å². The average Bonchev–Trinajstić information content (AvgIpc) is 2.79. The molecule has 10 heteroatoms. The van der Waals surface area contributed by atoms with Crippen LogP contribution in [-0.4, -0.2) is 60.6 Å². The molecule has 0 saturated carbocycles. The number of carbonyl (C=O) groups is 1. The lowest BCUT2D eigenvalue weighted by molar-refractivity contribution is -0.141. The van der Waals surface area contributed by atoms with E-state index in [2.05, 4.69) is 14.8 Å². The molecule has 0 unspecified atom stereocenters. The van der Waals surface area contributed by atoms with E-state index in [1.54, 1.807) is 6.07 Å². The lowest BCUT2D eigenvalue weighted by Crippen LogP contribution is -2.56. The molecular formula is C24H29F3N4O3. The maximum absolute atomic E-state index is 13.3. The van der Waals surface area contributed by atoms with Crippen LogP contribution in [-0.2, 0) is 17.4 Å². The van der Waals surface area contributed by atoms with Crippen molar-refractivity contribution in [2.24, 2.45) is 5.73 Å². The zero-order chi connectivity index (χ0) is 23.6. The van der Waals surface area contributed by atoms with Crippen molar-refractivity contribution >= 4 is 22.5 Å². The SMILES string of the molecule is COc1ccc(N2CCN(CC(N)=O)[C@@H](Cc3ccccc3)C2)c2ccc(C(F)(F)F)nc12.O.[HH]. The smallest absolute Gasteiger partial charge is 0.433 e. The molecule has 34 heavy (non-hydrogen) atoms. The number of fused-ring (bicyclic) bond motifs is 1. The van der Waals surface area contributed by atoms with Crippen molar-refractivity contribution in [3.05, 3.63) is 65.9 Å². The largest absolute Gasteiger partial charge is 0.494 e. The number of benzene rings is 2. The van der Waals surface area contributed by atoms with Gasteiger partial charge in [-0.15, -0.1) is 0 Å². The summed E-state index contributed by atoms with van der Waals surface area (Å²) in [7, 11) is 1.41. The van der Waals surface area contributed by atoms with Crippen molar-refractivity contribution in [2.75, 3.05) is 38.2 Å². The number of aromatic nitrogens is 1. The predicted octanol–water partition coefficient (Wildman–Crippen LogP) is 2.90. The Morgan fingerprint density at radius 1 is 1.15 bits per heavy atom. The molecule has 3 aromatic rings. The molecule has 2 aromatic carbocycles. The van der Waals surface area contributed by atoms with Crippen LogP contribution < -0.4 is 15.4 Å². The van der Waals surface area contributed by atoms with E-state index in [9.17, 15) is 18.0 Å². The number of piperazine rings is 1. The Morgan fingerprint density at radius 3 is 2.53 bits per heavy atom. The number of pyridine rings is 1. The molecule has 184 valence electrons. The Bertz CT molecular complexity index is 1150. The summed E-state index contributed by atoms with van der Waals surface area (Å²) in [5, 5.41) is 0.587. The highest BCUT2D eigenvalue weighted by Crippen LogP contribution is 2.37. The third-order valence-corrected chi connectivity index (χ3v) is 5.93. The summed E-state index contributed by atoms with van der Waals surface area (Å²) in [6.07, 6.45) is -3.83. The topological polar surface area (TPSA) is 103 Å². The first-order valence-electron chi connectivity index (χ1n) is 10.6. The number of nitrogens with zero attached hydrogens (tertiary/aromatic N) is 3. The van der Waals surface area contributed by atoms with Gasteiger partial charge in [0.05, 0.1) is 13.7 Å². The molecule has 0 bridgehead atoms. The molecule has 0 radical (unpaired) electrons. The van der Waals surface area contributed by atoms with E-state index in [0.717, 1.165) is 23.7 Å². The van der Waals surface area contributed by atoms with Crippen molar-refractivity contribution in [3.63, 3.8) is 0 Å².